The Morgan fingerprint density at radius 1 is 1.21 bits per heavy atom. The van der Waals surface area contributed by atoms with Crippen LogP contribution in [0.3, 0.4) is 0 Å². The van der Waals surface area contributed by atoms with Crippen LogP contribution in [0.2, 0.25) is 0 Å². The minimum atomic E-state index is -0.543. The molecule has 0 bridgehead atoms. The van der Waals surface area contributed by atoms with E-state index in [2.05, 4.69) is 27.8 Å². The zero-order valence-corrected chi connectivity index (χ0v) is 9.88. The summed E-state index contributed by atoms with van der Waals surface area (Å²) in [7, 11) is 0. The normalized spacial score (nSPS) is 12.1. The summed E-state index contributed by atoms with van der Waals surface area (Å²) >= 11 is 3.35. The molecule has 0 amide bonds. The molecule has 1 N–H and O–H groups in total. The minimum absolute atomic E-state index is 0.179. The SMILES string of the molecule is CC(C)C(O)C#Cc1ccc(Br)cc1. The molecule has 0 aromatic heterocycles. The fraction of sp³-hybridized carbons (Fsp3) is 0.333. The summed E-state index contributed by atoms with van der Waals surface area (Å²) in [6.45, 7) is 3.89. The van der Waals surface area contributed by atoms with Gasteiger partial charge in [-0.05, 0) is 30.2 Å². The van der Waals surface area contributed by atoms with Gasteiger partial charge in [-0.1, -0.05) is 41.6 Å². The molecular weight excluding hydrogens is 240 g/mol. The largest absolute Gasteiger partial charge is 0.380 e. The van der Waals surface area contributed by atoms with Crippen molar-refractivity contribution in [1.29, 1.82) is 0 Å². The lowest BCUT2D eigenvalue weighted by atomic mass is 10.1. The molecule has 74 valence electrons. The van der Waals surface area contributed by atoms with Gasteiger partial charge in [-0.3, -0.25) is 0 Å². The molecule has 0 radical (unpaired) electrons. The Balaban J connectivity index is 2.73. The maximum Gasteiger partial charge on any atom is 0.117 e. The van der Waals surface area contributed by atoms with Gasteiger partial charge >= 0.3 is 0 Å². The second-order valence-electron chi connectivity index (χ2n) is 3.47. The van der Waals surface area contributed by atoms with Crippen LogP contribution in [0.15, 0.2) is 28.7 Å². The highest BCUT2D eigenvalue weighted by Crippen LogP contribution is 2.09. The van der Waals surface area contributed by atoms with E-state index in [0.29, 0.717) is 0 Å². The van der Waals surface area contributed by atoms with E-state index in [1.54, 1.807) is 0 Å². The first kappa shape index (κ1) is 11.3. The Hall–Kier alpha value is -0.780. The first-order valence-electron chi connectivity index (χ1n) is 4.55. The van der Waals surface area contributed by atoms with Crippen molar-refractivity contribution in [1.82, 2.24) is 0 Å². The van der Waals surface area contributed by atoms with Crippen molar-refractivity contribution >= 4 is 15.9 Å². The van der Waals surface area contributed by atoms with Gasteiger partial charge < -0.3 is 5.11 Å². The molecule has 0 aliphatic carbocycles. The summed E-state index contributed by atoms with van der Waals surface area (Å²) < 4.78 is 1.03. The highest BCUT2D eigenvalue weighted by molar-refractivity contribution is 9.10. The molecular formula is C12H13BrO. The highest BCUT2D eigenvalue weighted by Gasteiger charge is 2.03. The van der Waals surface area contributed by atoms with E-state index in [4.69, 9.17) is 0 Å². The number of benzene rings is 1. The van der Waals surface area contributed by atoms with Gasteiger partial charge in [-0.25, -0.2) is 0 Å². The van der Waals surface area contributed by atoms with Crippen molar-refractivity contribution in [3.8, 4) is 11.8 Å². The number of hydrogen-bond acceptors (Lipinski definition) is 1. The molecule has 0 heterocycles. The van der Waals surface area contributed by atoms with E-state index in [-0.39, 0.29) is 5.92 Å². The third kappa shape index (κ3) is 3.53. The average molecular weight is 253 g/mol. The lowest BCUT2D eigenvalue weighted by molar-refractivity contribution is 0.181. The van der Waals surface area contributed by atoms with E-state index in [1.165, 1.54) is 0 Å². The van der Waals surface area contributed by atoms with Crippen LogP contribution in [0.1, 0.15) is 19.4 Å². The summed E-state index contributed by atoms with van der Waals surface area (Å²) in [5, 5.41) is 9.46. The fourth-order valence-corrected chi connectivity index (χ4v) is 1.12. The van der Waals surface area contributed by atoms with Gasteiger partial charge in [0.1, 0.15) is 6.10 Å². The van der Waals surface area contributed by atoms with Gasteiger partial charge in [0.05, 0.1) is 0 Å². The average Bonchev–Trinajstić information content (AvgIpc) is 2.16. The van der Waals surface area contributed by atoms with Crippen molar-refractivity contribution in [3.05, 3.63) is 34.3 Å². The molecule has 1 aromatic carbocycles. The van der Waals surface area contributed by atoms with Gasteiger partial charge in [0.2, 0.25) is 0 Å². The molecule has 1 aromatic rings. The molecule has 0 spiro atoms. The Labute approximate surface area is 93.3 Å². The highest BCUT2D eigenvalue weighted by atomic mass is 79.9. The summed E-state index contributed by atoms with van der Waals surface area (Å²) in [5.41, 5.74) is 0.924. The third-order valence-corrected chi connectivity index (χ3v) is 2.37. The zero-order valence-electron chi connectivity index (χ0n) is 8.29. The predicted octanol–water partition coefficient (Wildman–Crippen LogP) is 2.82. The molecule has 1 rings (SSSR count). The quantitative estimate of drug-likeness (QED) is 0.763. The Kier molecular flexibility index (Phi) is 4.19. The van der Waals surface area contributed by atoms with E-state index >= 15 is 0 Å². The molecule has 0 saturated carbocycles. The second-order valence-corrected chi connectivity index (χ2v) is 4.38. The molecule has 2 heteroatoms. The fourth-order valence-electron chi connectivity index (χ4n) is 0.857. The second kappa shape index (κ2) is 5.19. The van der Waals surface area contributed by atoms with Gasteiger partial charge in [0.15, 0.2) is 0 Å². The lowest BCUT2D eigenvalue weighted by Gasteiger charge is -2.05. The number of aliphatic hydroxyl groups is 1. The van der Waals surface area contributed by atoms with Crippen LogP contribution in [0.5, 0.6) is 0 Å². The van der Waals surface area contributed by atoms with E-state index in [1.807, 2.05) is 38.1 Å². The first-order chi connectivity index (χ1) is 6.59. The lowest BCUT2D eigenvalue weighted by Crippen LogP contribution is -2.11. The van der Waals surface area contributed by atoms with Crippen LogP contribution in [0.25, 0.3) is 0 Å². The minimum Gasteiger partial charge on any atom is -0.380 e. The Morgan fingerprint density at radius 3 is 2.29 bits per heavy atom. The maximum atomic E-state index is 9.46. The predicted molar refractivity (Wildman–Crippen MR) is 61.9 cm³/mol. The van der Waals surface area contributed by atoms with Gasteiger partial charge in [0, 0.05) is 10.0 Å². The summed E-state index contributed by atoms with van der Waals surface area (Å²) in [6.07, 6.45) is -0.543. The summed E-state index contributed by atoms with van der Waals surface area (Å²) in [6, 6.07) is 7.71. The molecule has 0 aliphatic heterocycles. The van der Waals surface area contributed by atoms with Crippen LogP contribution in [0, 0.1) is 17.8 Å². The molecule has 14 heavy (non-hydrogen) atoms. The standard InChI is InChI=1S/C12H13BrO/c1-9(2)12(14)8-5-10-3-6-11(13)7-4-10/h3-4,6-7,9,12,14H,1-2H3. The first-order valence-corrected chi connectivity index (χ1v) is 5.34. The van der Waals surface area contributed by atoms with E-state index in [0.717, 1.165) is 10.0 Å². The summed E-state index contributed by atoms with van der Waals surface area (Å²) in [5.74, 6) is 5.92. The maximum absolute atomic E-state index is 9.46. The van der Waals surface area contributed by atoms with Crippen molar-refractivity contribution in [2.75, 3.05) is 0 Å². The Morgan fingerprint density at radius 2 is 1.79 bits per heavy atom. The zero-order chi connectivity index (χ0) is 10.6. The van der Waals surface area contributed by atoms with Crippen molar-refractivity contribution in [2.24, 2.45) is 5.92 Å². The number of aliphatic hydroxyl groups excluding tert-OH is 1. The smallest absolute Gasteiger partial charge is 0.117 e. The van der Waals surface area contributed by atoms with Crippen LogP contribution in [-0.2, 0) is 0 Å². The van der Waals surface area contributed by atoms with Crippen molar-refractivity contribution < 1.29 is 5.11 Å². The number of hydrogen-bond donors (Lipinski definition) is 1. The number of halogens is 1. The summed E-state index contributed by atoms with van der Waals surface area (Å²) in [4.78, 5) is 0. The monoisotopic (exact) mass is 252 g/mol. The topological polar surface area (TPSA) is 20.2 Å². The van der Waals surface area contributed by atoms with E-state index in [9.17, 15) is 5.11 Å². The van der Waals surface area contributed by atoms with Crippen LogP contribution < -0.4 is 0 Å². The van der Waals surface area contributed by atoms with Crippen molar-refractivity contribution in [2.45, 2.75) is 20.0 Å². The van der Waals surface area contributed by atoms with Gasteiger partial charge in [-0.15, -0.1) is 0 Å². The molecule has 1 atom stereocenters. The van der Waals surface area contributed by atoms with Crippen LogP contribution in [-0.4, -0.2) is 11.2 Å². The molecule has 1 unspecified atom stereocenters. The number of rotatable bonds is 1. The third-order valence-electron chi connectivity index (χ3n) is 1.84. The molecule has 0 saturated heterocycles. The molecule has 0 aliphatic rings. The van der Waals surface area contributed by atoms with E-state index < -0.39 is 6.10 Å². The van der Waals surface area contributed by atoms with Crippen LogP contribution in [0.4, 0.5) is 0 Å². The Bertz CT molecular complexity index is 343. The van der Waals surface area contributed by atoms with Gasteiger partial charge in [0.25, 0.3) is 0 Å². The van der Waals surface area contributed by atoms with Crippen molar-refractivity contribution in [3.63, 3.8) is 0 Å². The molecule has 1 nitrogen and oxygen atoms in total. The van der Waals surface area contributed by atoms with Crippen LogP contribution >= 0.6 is 15.9 Å². The molecule has 0 fully saturated rings. The van der Waals surface area contributed by atoms with Gasteiger partial charge in [-0.2, -0.15) is 0 Å².